The lowest BCUT2D eigenvalue weighted by molar-refractivity contribution is -0.929. The van der Waals surface area contributed by atoms with E-state index >= 15 is 0 Å². The van der Waals surface area contributed by atoms with E-state index in [0.29, 0.717) is 6.54 Å². The van der Waals surface area contributed by atoms with E-state index < -0.39 is 0 Å². The van der Waals surface area contributed by atoms with Crippen molar-refractivity contribution in [3.8, 4) is 6.07 Å². The lowest BCUT2D eigenvalue weighted by Crippen LogP contribution is -3.10. The standard InChI is InChI=1S/C28H31N5/c29-18-25-24-14-17-32(20-23-12-6-2-7-13-23)21-26(24)28(33-15-8-3-9-16-33)31-27(25)30-19-22-10-4-1-5-11-22/h1-2,4-7,10-13H,3,8-9,14-17,19-21H2,(H,30,31)/p+1. The zero-order chi connectivity index (χ0) is 22.5. The van der Waals surface area contributed by atoms with Crippen LogP contribution in [0.5, 0.6) is 0 Å². The first kappa shape index (κ1) is 21.5. The zero-order valence-electron chi connectivity index (χ0n) is 19.2. The number of fused-ring (bicyclic) bond motifs is 1. The molecule has 0 aliphatic carbocycles. The molecule has 0 amide bonds. The number of piperidine rings is 1. The first-order valence-corrected chi connectivity index (χ1v) is 12.2. The van der Waals surface area contributed by atoms with Crippen molar-refractivity contribution >= 4 is 11.6 Å². The molecule has 1 unspecified atom stereocenters. The van der Waals surface area contributed by atoms with Gasteiger partial charge in [-0.3, -0.25) is 0 Å². The van der Waals surface area contributed by atoms with Crippen LogP contribution in [0.3, 0.4) is 0 Å². The zero-order valence-corrected chi connectivity index (χ0v) is 19.2. The lowest BCUT2D eigenvalue weighted by Gasteiger charge is -2.34. The number of pyridine rings is 1. The van der Waals surface area contributed by atoms with Crippen molar-refractivity contribution in [1.82, 2.24) is 4.98 Å². The minimum Gasteiger partial charge on any atom is -0.365 e. The second-order valence-electron chi connectivity index (χ2n) is 9.20. The molecular weight excluding hydrogens is 406 g/mol. The second-order valence-corrected chi connectivity index (χ2v) is 9.20. The smallest absolute Gasteiger partial charge is 0.146 e. The summed E-state index contributed by atoms with van der Waals surface area (Å²) in [7, 11) is 0. The van der Waals surface area contributed by atoms with Crippen LogP contribution in [-0.2, 0) is 26.1 Å². The van der Waals surface area contributed by atoms with Crippen LogP contribution in [0.1, 0.15) is 47.1 Å². The summed E-state index contributed by atoms with van der Waals surface area (Å²) < 4.78 is 0. The topological polar surface area (TPSA) is 56.4 Å². The maximum atomic E-state index is 10.1. The molecule has 3 heterocycles. The Labute approximate surface area is 196 Å². The molecule has 2 N–H and O–H groups in total. The third kappa shape index (κ3) is 4.86. The van der Waals surface area contributed by atoms with Crippen LogP contribution in [0.15, 0.2) is 60.7 Å². The molecule has 0 saturated carbocycles. The van der Waals surface area contributed by atoms with E-state index in [2.05, 4.69) is 58.8 Å². The Morgan fingerprint density at radius 3 is 2.30 bits per heavy atom. The summed E-state index contributed by atoms with van der Waals surface area (Å²) in [4.78, 5) is 9.12. The van der Waals surface area contributed by atoms with E-state index in [1.54, 1.807) is 4.90 Å². The first-order chi connectivity index (χ1) is 16.3. The Hall–Kier alpha value is -3.36. The van der Waals surface area contributed by atoms with Gasteiger partial charge >= 0.3 is 0 Å². The molecule has 0 bridgehead atoms. The second kappa shape index (κ2) is 10.1. The Morgan fingerprint density at radius 2 is 1.61 bits per heavy atom. The average molecular weight is 439 g/mol. The molecule has 168 valence electrons. The molecule has 1 saturated heterocycles. The number of anilines is 2. The fourth-order valence-corrected chi connectivity index (χ4v) is 5.19. The predicted molar refractivity (Wildman–Crippen MR) is 132 cm³/mol. The van der Waals surface area contributed by atoms with Gasteiger partial charge in [-0.25, -0.2) is 4.98 Å². The molecule has 5 heteroatoms. The van der Waals surface area contributed by atoms with Gasteiger partial charge in [0.15, 0.2) is 0 Å². The fraction of sp³-hybridized carbons (Fsp3) is 0.357. The van der Waals surface area contributed by atoms with Gasteiger partial charge < -0.3 is 15.1 Å². The molecule has 2 aliphatic rings. The number of quaternary nitrogens is 1. The minimum absolute atomic E-state index is 0.673. The molecule has 1 atom stereocenters. The van der Waals surface area contributed by atoms with E-state index in [-0.39, 0.29) is 0 Å². The van der Waals surface area contributed by atoms with Gasteiger partial charge in [0.25, 0.3) is 0 Å². The summed E-state index contributed by atoms with van der Waals surface area (Å²) >= 11 is 0. The molecule has 2 aliphatic heterocycles. The van der Waals surface area contributed by atoms with E-state index in [1.807, 2.05) is 18.2 Å². The third-order valence-corrected chi connectivity index (χ3v) is 6.91. The number of nitrogens with one attached hydrogen (secondary N) is 2. The van der Waals surface area contributed by atoms with Crippen molar-refractivity contribution in [3.63, 3.8) is 0 Å². The van der Waals surface area contributed by atoms with E-state index in [4.69, 9.17) is 4.98 Å². The lowest BCUT2D eigenvalue weighted by atomic mass is 9.94. The summed E-state index contributed by atoms with van der Waals surface area (Å²) in [6.45, 7) is 5.76. The Kier molecular flexibility index (Phi) is 6.55. The SMILES string of the molecule is N#Cc1c(NCc2ccccc2)nc(N2CCCCC2)c2c1CC[NH+](Cc1ccccc1)C2. The Bertz CT molecular complexity index is 1110. The van der Waals surface area contributed by atoms with Crippen LogP contribution in [0.2, 0.25) is 0 Å². The van der Waals surface area contributed by atoms with Gasteiger partial charge in [0.05, 0.1) is 17.7 Å². The molecule has 0 radical (unpaired) electrons. The van der Waals surface area contributed by atoms with Crippen molar-refractivity contribution in [1.29, 1.82) is 5.26 Å². The van der Waals surface area contributed by atoms with E-state index in [0.717, 1.165) is 56.3 Å². The van der Waals surface area contributed by atoms with Gasteiger partial charge in [0, 0.05) is 31.6 Å². The number of rotatable bonds is 6. The van der Waals surface area contributed by atoms with Gasteiger partial charge in [0.1, 0.15) is 30.8 Å². The highest BCUT2D eigenvalue weighted by Gasteiger charge is 2.30. The van der Waals surface area contributed by atoms with Crippen molar-refractivity contribution in [3.05, 3.63) is 88.5 Å². The summed E-state index contributed by atoms with van der Waals surface area (Å²) in [5, 5.41) is 13.6. The van der Waals surface area contributed by atoms with Crippen LogP contribution in [0.4, 0.5) is 11.6 Å². The molecule has 5 nitrogen and oxygen atoms in total. The number of nitriles is 1. The van der Waals surface area contributed by atoms with Crippen molar-refractivity contribution in [2.24, 2.45) is 0 Å². The minimum atomic E-state index is 0.673. The summed E-state index contributed by atoms with van der Waals surface area (Å²) in [6.07, 6.45) is 4.64. The van der Waals surface area contributed by atoms with Crippen LogP contribution in [-0.4, -0.2) is 24.6 Å². The third-order valence-electron chi connectivity index (χ3n) is 6.91. The van der Waals surface area contributed by atoms with Crippen LogP contribution < -0.4 is 15.1 Å². The van der Waals surface area contributed by atoms with Gasteiger partial charge in [-0.2, -0.15) is 5.26 Å². The monoisotopic (exact) mass is 438 g/mol. The van der Waals surface area contributed by atoms with Crippen molar-refractivity contribution < 1.29 is 4.90 Å². The largest absolute Gasteiger partial charge is 0.365 e. The number of benzene rings is 2. The summed E-state index contributed by atoms with van der Waals surface area (Å²) in [6, 6.07) is 23.6. The van der Waals surface area contributed by atoms with Gasteiger partial charge in [-0.05, 0) is 30.4 Å². The van der Waals surface area contributed by atoms with E-state index in [1.165, 1.54) is 41.5 Å². The number of hydrogen-bond donors (Lipinski definition) is 2. The maximum Gasteiger partial charge on any atom is 0.146 e. The highest BCUT2D eigenvalue weighted by atomic mass is 15.2. The molecule has 2 aromatic carbocycles. The number of nitrogens with zero attached hydrogens (tertiary/aromatic N) is 3. The molecule has 5 rings (SSSR count). The van der Waals surface area contributed by atoms with Crippen LogP contribution in [0.25, 0.3) is 0 Å². The van der Waals surface area contributed by atoms with Crippen LogP contribution >= 0.6 is 0 Å². The molecule has 0 spiro atoms. The molecule has 1 aromatic heterocycles. The number of aromatic nitrogens is 1. The summed E-state index contributed by atoms with van der Waals surface area (Å²) in [5.74, 6) is 1.84. The Morgan fingerprint density at radius 1 is 0.909 bits per heavy atom. The first-order valence-electron chi connectivity index (χ1n) is 12.2. The highest BCUT2D eigenvalue weighted by molar-refractivity contribution is 5.66. The average Bonchev–Trinajstić information content (AvgIpc) is 2.88. The molecular formula is C28H32N5+. The quantitative estimate of drug-likeness (QED) is 0.616. The fourth-order valence-electron chi connectivity index (χ4n) is 5.19. The summed E-state index contributed by atoms with van der Waals surface area (Å²) in [5.41, 5.74) is 5.79. The molecule has 3 aromatic rings. The Balaban J connectivity index is 1.48. The maximum absolute atomic E-state index is 10.1. The number of hydrogen-bond acceptors (Lipinski definition) is 4. The predicted octanol–water partition coefficient (Wildman–Crippen LogP) is 3.70. The molecule has 1 fully saturated rings. The molecule has 33 heavy (non-hydrogen) atoms. The van der Waals surface area contributed by atoms with Gasteiger partial charge in [0.2, 0.25) is 0 Å². The van der Waals surface area contributed by atoms with Crippen LogP contribution in [0, 0.1) is 11.3 Å². The van der Waals surface area contributed by atoms with E-state index in [9.17, 15) is 5.26 Å². The van der Waals surface area contributed by atoms with Gasteiger partial charge in [-0.15, -0.1) is 0 Å². The normalized spacial score (nSPS) is 17.8. The van der Waals surface area contributed by atoms with Crippen molar-refractivity contribution in [2.45, 2.75) is 45.3 Å². The van der Waals surface area contributed by atoms with Gasteiger partial charge in [-0.1, -0.05) is 60.7 Å². The van der Waals surface area contributed by atoms with Crippen molar-refractivity contribution in [2.75, 3.05) is 29.9 Å². The highest BCUT2D eigenvalue weighted by Crippen LogP contribution is 2.32.